The van der Waals surface area contributed by atoms with Crippen molar-refractivity contribution < 1.29 is 9.53 Å². The maximum absolute atomic E-state index is 11.5. The minimum atomic E-state index is -0.425. The van der Waals surface area contributed by atoms with E-state index in [1.54, 1.807) is 0 Å². The largest absolute Gasteiger partial charge is 0.490 e. The van der Waals surface area contributed by atoms with Crippen LogP contribution in [0.15, 0.2) is 30.5 Å². The van der Waals surface area contributed by atoms with Gasteiger partial charge < -0.3 is 4.74 Å². The summed E-state index contributed by atoms with van der Waals surface area (Å²) in [6.07, 6.45) is 5.25. The highest BCUT2D eigenvalue weighted by molar-refractivity contribution is 6.30. The van der Waals surface area contributed by atoms with Crippen molar-refractivity contribution >= 4 is 17.4 Å². The fraction of sp³-hybridized carbons (Fsp3) is 0.308. The quantitative estimate of drug-likeness (QED) is 0.690. The fourth-order valence-corrected chi connectivity index (χ4v) is 2.81. The maximum atomic E-state index is 11.5. The molecule has 0 amide bonds. The van der Waals surface area contributed by atoms with Gasteiger partial charge in [0.2, 0.25) is 0 Å². The van der Waals surface area contributed by atoms with E-state index in [1.165, 1.54) is 17.9 Å². The van der Waals surface area contributed by atoms with E-state index in [0.29, 0.717) is 6.42 Å². The summed E-state index contributed by atoms with van der Waals surface area (Å²) in [5, 5.41) is 0.744. The van der Waals surface area contributed by atoms with Crippen LogP contribution in [0.3, 0.4) is 0 Å². The molecule has 3 heteroatoms. The molecule has 2 aliphatic rings. The molecule has 1 aromatic carbocycles. The van der Waals surface area contributed by atoms with Crippen LogP contribution < -0.4 is 0 Å². The lowest BCUT2D eigenvalue weighted by molar-refractivity contribution is -0.122. The Balaban J connectivity index is 2.08. The molecule has 0 saturated heterocycles. The first-order chi connectivity index (χ1) is 7.70. The van der Waals surface area contributed by atoms with Gasteiger partial charge in [0.1, 0.15) is 5.60 Å². The van der Waals surface area contributed by atoms with Gasteiger partial charge in [-0.25, -0.2) is 0 Å². The number of benzene rings is 1. The Labute approximate surface area is 98.9 Å². The molecule has 1 aliphatic heterocycles. The summed E-state index contributed by atoms with van der Waals surface area (Å²) in [5.41, 5.74) is 1.90. The molecule has 1 aromatic rings. The third-order valence-corrected chi connectivity index (χ3v) is 3.60. The standard InChI is InChI=1S/C13H11ClO2/c14-10-1-2-12-9(7-10)3-5-13(12)8-11(15)4-6-16-13/h1-2,4,6-7H,3,5,8H2. The molecule has 0 aromatic heterocycles. The minimum Gasteiger partial charge on any atom is -0.490 e. The lowest BCUT2D eigenvalue weighted by Crippen LogP contribution is -2.30. The molecule has 1 aliphatic carbocycles. The highest BCUT2D eigenvalue weighted by atomic mass is 35.5. The first-order valence-corrected chi connectivity index (χ1v) is 5.74. The van der Waals surface area contributed by atoms with Crippen LogP contribution in [-0.2, 0) is 21.6 Å². The maximum Gasteiger partial charge on any atom is 0.163 e. The number of ketones is 1. The number of carbonyl (C=O) groups excluding carboxylic acids is 1. The molecule has 3 rings (SSSR count). The monoisotopic (exact) mass is 234 g/mol. The van der Waals surface area contributed by atoms with Crippen molar-refractivity contribution in [2.24, 2.45) is 0 Å². The second kappa shape index (κ2) is 3.36. The zero-order chi connectivity index (χ0) is 11.2. The van der Waals surface area contributed by atoms with Gasteiger partial charge in [0.15, 0.2) is 5.78 Å². The predicted octanol–water partition coefficient (Wildman–Crippen LogP) is 2.98. The zero-order valence-electron chi connectivity index (χ0n) is 8.70. The van der Waals surface area contributed by atoms with Gasteiger partial charge >= 0.3 is 0 Å². The zero-order valence-corrected chi connectivity index (χ0v) is 9.46. The fourth-order valence-electron chi connectivity index (χ4n) is 2.61. The Morgan fingerprint density at radius 2 is 2.25 bits per heavy atom. The van der Waals surface area contributed by atoms with Crippen molar-refractivity contribution in [3.63, 3.8) is 0 Å². The molecule has 16 heavy (non-hydrogen) atoms. The molecule has 1 heterocycles. The summed E-state index contributed by atoms with van der Waals surface area (Å²) in [6.45, 7) is 0. The third-order valence-electron chi connectivity index (χ3n) is 3.36. The molecular formula is C13H11ClO2. The van der Waals surface area contributed by atoms with E-state index in [9.17, 15) is 4.79 Å². The summed E-state index contributed by atoms with van der Waals surface area (Å²) in [5.74, 6) is 0.133. The van der Waals surface area contributed by atoms with Gasteiger partial charge in [-0.2, -0.15) is 0 Å². The number of fused-ring (bicyclic) bond motifs is 2. The van der Waals surface area contributed by atoms with E-state index in [2.05, 4.69) is 0 Å². The van der Waals surface area contributed by atoms with Crippen LogP contribution in [0.4, 0.5) is 0 Å². The minimum absolute atomic E-state index is 0.133. The molecule has 1 spiro atoms. The summed E-state index contributed by atoms with van der Waals surface area (Å²) >= 11 is 5.96. The van der Waals surface area contributed by atoms with Gasteiger partial charge in [-0.05, 0) is 36.1 Å². The van der Waals surface area contributed by atoms with Crippen LogP contribution in [0.1, 0.15) is 24.0 Å². The number of halogens is 1. The SMILES string of the molecule is O=C1C=COC2(CCc3cc(Cl)ccc32)C1. The van der Waals surface area contributed by atoms with Gasteiger partial charge in [-0.3, -0.25) is 4.79 Å². The van der Waals surface area contributed by atoms with Crippen LogP contribution in [0.2, 0.25) is 5.02 Å². The molecule has 0 fully saturated rings. The summed E-state index contributed by atoms with van der Waals surface area (Å²) in [6, 6.07) is 5.81. The first kappa shape index (κ1) is 9.91. The van der Waals surface area contributed by atoms with Gasteiger partial charge in [0, 0.05) is 11.1 Å². The van der Waals surface area contributed by atoms with Crippen LogP contribution in [-0.4, -0.2) is 5.78 Å². The van der Waals surface area contributed by atoms with Crippen molar-refractivity contribution in [3.05, 3.63) is 46.7 Å². The van der Waals surface area contributed by atoms with Crippen LogP contribution in [0.5, 0.6) is 0 Å². The lowest BCUT2D eigenvalue weighted by Gasteiger charge is -2.31. The smallest absolute Gasteiger partial charge is 0.163 e. The predicted molar refractivity (Wildman–Crippen MR) is 61.3 cm³/mol. The van der Waals surface area contributed by atoms with E-state index in [4.69, 9.17) is 16.3 Å². The molecule has 2 nitrogen and oxygen atoms in total. The van der Waals surface area contributed by atoms with Gasteiger partial charge in [-0.15, -0.1) is 0 Å². The highest BCUT2D eigenvalue weighted by Gasteiger charge is 2.42. The molecular weight excluding hydrogens is 224 g/mol. The van der Waals surface area contributed by atoms with Crippen molar-refractivity contribution in [3.8, 4) is 0 Å². The number of rotatable bonds is 0. The summed E-state index contributed by atoms with van der Waals surface area (Å²) in [7, 11) is 0. The first-order valence-electron chi connectivity index (χ1n) is 5.36. The summed E-state index contributed by atoms with van der Waals surface area (Å²) < 4.78 is 5.72. The number of carbonyl (C=O) groups is 1. The Bertz CT molecular complexity index is 493. The van der Waals surface area contributed by atoms with E-state index < -0.39 is 5.60 Å². The Kier molecular flexibility index (Phi) is 2.08. The van der Waals surface area contributed by atoms with Crippen molar-refractivity contribution in [2.45, 2.75) is 24.9 Å². The third kappa shape index (κ3) is 1.37. The average molecular weight is 235 g/mol. The number of allylic oxidation sites excluding steroid dienone is 1. The van der Waals surface area contributed by atoms with E-state index in [1.807, 2.05) is 18.2 Å². The van der Waals surface area contributed by atoms with E-state index in [0.717, 1.165) is 23.4 Å². The number of aryl methyl sites for hydroxylation is 1. The molecule has 0 radical (unpaired) electrons. The van der Waals surface area contributed by atoms with Crippen molar-refractivity contribution in [1.29, 1.82) is 0 Å². The van der Waals surface area contributed by atoms with Crippen LogP contribution >= 0.6 is 11.6 Å². The number of hydrogen-bond donors (Lipinski definition) is 0. The van der Waals surface area contributed by atoms with Crippen LogP contribution in [0.25, 0.3) is 0 Å². The van der Waals surface area contributed by atoms with Gasteiger partial charge in [0.05, 0.1) is 12.7 Å². The molecule has 1 atom stereocenters. The van der Waals surface area contributed by atoms with E-state index in [-0.39, 0.29) is 5.78 Å². The van der Waals surface area contributed by atoms with Crippen LogP contribution in [0, 0.1) is 0 Å². The molecule has 0 bridgehead atoms. The average Bonchev–Trinajstić information content (AvgIpc) is 2.57. The molecule has 0 saturated carbocycles. The molecule has 1 unspecified atom stereocenters. The second-order valence-corrected chi connectivity index (χ2v) is 4.80. The molecule has 82 valence electrons. The number of ether oxygens (including phenoxy) is 1. The Morgan fingerprint density at radius 3 is 3.06 bits per heavy atom. The molecule has 0 N–H and O–H groups in total. The number of hydrogen-bond acceptors (Lipinski definition) is 2. The second-order valence-electron chi connectivity index (χ2n) is 4.36. The van der Waals surface area contributed by atoms with Crippen molar-refractivity contribution in [1.82, 2.24) is 0 Å². The Hall–Kier alpha value is -1.28. The topological polar surface area (TPSA) is 26.3 Å². The highest BCUT2D eigenvalue weighted by Crippen LogP contribution is 2.45. The van der Waals surface area contributed by atoms with Gasteiger partial charge in [0.25, 0.3) is 0 Å². The summed E-state index contributed by atoms with van der Waals surface area (Å²) in [4.78, 5) is 11.5. The van der Waals surface area contributed by atoms with Gasteiger partial charge in [-0.1, -0.05) is 17.7 Å². The normalized spacial score (nSPS) is 26.9. The van der Waals surface area contributed by atoms with E-state index >= 15 is 0 Å². The Morgan fingerprint density at radius 1 is 1.38 bits per heavy atom. The lowest BCUT2D eigenvalue weighted by atomic mass is 9.89. The van der Waals surface area contributed by atoms with Crippen molar-refractivity contribution in [2.75, 3.05) is 0 Å².